The van der Waals surface area contributed by atoms with E-state index in [4.69, 9.17) is 4.52 Å². The van der Waals surface area contributed by atoms with Crippen molar-refractivity contribution in [1.82, 2.24) is 14.4 Å². The molecule has 0 saturated carbocycles. The van der Waals surface area contributed by atoms with Gasteiger partial charge < -0.3 is 4.52 Å². The third-order valence-corrected chi connectivity index (χ3v) is 8.15. The maximum atomic E-state index is 12.8. The van der Waals surface area contributed by atoms with Crippen LogP contribution in [-0.4, -0.2) is 36.0 Å². The zero-order chi connectivity index (χ0) is 20.1. The lowest BCUT2D eigenvalue weighted by molar-refractivity contribution is -0.137. The number of sulfonamides is 1. The molecule has 1 aliphatic heterocycles. The van der Waals surface area contributed by atoms with E-state index in [1.165, 1.54) is 22.5 Å². The van der Waals surface area contributed by atoms with E-state index >= 15 is 0 Å². The fraction of sp³-hybridized carbons (Fsp3) is 0.250. The average molecular weight is 494 g/mol. The quantitative estimate of drug-likeness (QED) is 0.539. The first-order valence-corrected chi connectivity index (χ1v) is 11.0. The third-order valence-electron chi connectivity index (χ3n) is 4.23. The van der Waals surface area contributed by atoms with Crippen molar-refractivity contribution in [1.29, 1.82) is 0 Å². The van der Waals surface area contributed by atoms with E-state index in [2.05, 4.69) is 26.1 Å². The molecule has 0 aliphatic carbocycles. The first-order chi connectivity index (χ1) is 13.1. The molecule has 1 saturated heterocycles. The van der Waals surface area contributed by atoms with Crippen LogP contribution in [-0.2, 0) is 16.2 Å². The van der Waals surface area contributed by atoms with Crippen LogP contribution in [0.15, 0.2) is 48.9 Å². The van der Waals surface area contributed by atoms with E-state index < -0.39 is 21.8 Å². The summed E-state index contributed by atoms with van der Waals surface area (Å²) in [6.07, 6.45) is -4.47. The summed E-state index contributed by atoms with van der Waals surface area (Å²) in [5.41, 5.74) is -0.628. The minimum absolute atomic E-state index is 0.0320. The molecule has 6 nitrogen and oxygen atoms in total. The van der Waals surface area contributed by atoms with Crippen LogP contribution in [0.2, 0.25) is 0 Å². The predicted molar refractivity (Wildman–Crippen MR) is 98.3 cm³/mol. The molecule has 1 aliphatic rings. The fourth-order valence-corrected chi connectivity index (χ4v) is 6.40. The normalized spacial score (nSPS) is 16.3. The largest absolute Gasteiger partial charge is 0.416 e. The molecule has 0 atom stereocenters. The van der Waals surface area contributed by atoms with E-state index in [1.807, 2.05) is 0 Å². The molecule has 28 heavy (non-hydrogen) atoms. The minimum atomic E-state index is -4.47. The fourth-order valence-electron chi connectivity index (χ4n) is 2.71. The van der Waals surface area contributed by atoms with Crippen LogP contribution in [0.1, 0.15) is 17.4 Å². The molecule has 0 spiro atoms. The van der Waals surface area contributed by atoms with Gasteiger partial charge in [0.1, 0.15) is 4.21 Å². The van der Waals surface area contributed by atoms with Crippen molar-refractivity contribution in [2.45, 2.75) is 16.3 Å². The zero-order valence-corrected chi connectivity index (χ0v) is 17.1. The van der Waals surface area contributed by atoms with Gasteiger partial charge in [-0.25, -0.2) is 8.42 Å². The topological polar surface area (TPSA) is 76.3 Å². The molecule has 2 aromatic heterocycles. The van der Waals surface area contributed by atoms with Crippen molar-refractivity contribution >= 4 is 37.3 Å². The van der Waals surface area contributed by atoms with Gasteiger partial charge in [0.25, 0.3) is 10.0 Å². The van der Waals surface area contributed by atoms with Crippen LogP contribution in [0, 0.1) is 0 Å². The van der Waals surface area contributed by atoms with Crippen molar-refractivity contribution in [2.24, 2.45) is 0 Å². The molecule has 1 aromatic carbocycles. The molecule has 1 fully saturated rings. The van der Waals surface area contributed by atoms with Crippen molar-refractivity contribution in [3.8, 4) is 11.4 Å². The Morgan fingerprint density at radius 3 is 2.61 bits per heavy atom. The Labute approximate surface area is 170 Å². The molecular formula is C16H11BrF3N3O3S2. The lowest BCUT2D eigenvalue weighted by Crippen LogP contribution is -2.48. The lowest BCUT2D eigenvalue weighted by atomic mass is 10.0. The van der Waals surface area contributed by atoms with Crippen molar-refractivity contribution in [3.63, 3.8) is 0 Å². The van der Waals surface area contributed by atoms with Crippen LogP contribution < -0.4 is 0 Å². The molecule has 3 aromatic rings. The number of hydrogen-bond donors (Lipinski definition) is 0. The second kappa shape index (κ2) is 6.94. The smallest absolute Gasteiger partial charge is 0.339 e. The average Bonchev–Trinajstić information content (AvgIpc) is 3.22. The van der Waals surface area contributed by atoms with Gasteiger partial charge in [0.2, 0.25) is 11.7 Å². The summed E-state index contributed by atoms with van der Waals surface area (Å²) < 4.78 is 70.9. The van der Waals surface area contributed by atoms with Crippen LogP contribution in [0.4, 0.5) is 13.2 Å². The van der Waals surface area contributed by atoms with E-state index in [0.29, 0.717) is 3.79 Å². The Hall–Kier alpha value is -1.76. The number of alkyl halides is 3. The molecule has 12 heteroatoms. The number of aromatic nitrogens is 2. The molecule has 148 valence electrons. The maximum Gasteiger partial charge on any atom is 0.416 e. The summed E-state index contributed by atoms with van der Waals surface area (Å²) in [6.45, 7) is 0.337. The second-order valence-corrected chi connectivity index (χ2v) is 10.7. The van der Waals surface area contributed by atoms with Gasteiger partial charge in [0.15, 0.2) is 0 Å². The molecule has 3 heterocycles. The van der Waals surface area contributed by atoms with Crippen LogP contribution in [0.5, 0.6) is 0 Å². The highest BCUT2D eigenvalue weighted by Crippen LogP contribution is 2.36. The van der Waals surface area contributed by atoms with Crippen molar-refractivity contribution in [2.75, 3.05) is 13.1 Å². The first kappa shape index (κ1) is 19.6. The molecule has 0 unspecified atom stereocenters. The summed E-state index contributed by atoms with van der Waals surface area (Å²) >= 11 is 4.35. The Morgan fingerprint density at radius 2 is 1.96 bits per heavy atom. The molecule has 4 rings (SSSR count). The molecule has 0 bridgehead atoms. The number of hydrogen-bond acceptors (Lipinski definition) is 6. The minimum Gasteiger partial charge on any atom is -0.339 e. The molecule has 0 amide bonds. The number of nitrogens with zero attached hydrogens (tertiary/aromatic N) is 3. The number of benzene rings is 1. The lowest BCUT2D eigenvalue weighted by Gasteiger charge is -2.35. The van der Waals surface area contributed by atoms with Crippen LogP contribution in [0.25, 0.3) is 11.4 Å². The van der Waals surface area contributed by atoms with Gasteiger partial charge in [-0.15, -0.1) is 11.3 Å². The SMILES string of the molecule is O=S(=O)(c1ccc(Br)s1)N1CC(c2nc(-c3cccc(C(F)(F)F)c3)no2)C1. The Morgan fingerprint density at radius 1 is 1.21 bits per heavy atom. The van der Waals surface area contributed by atoms with E-state index in [9.17, 15) is 21.6 Å². The van der Waals surface area contributed by atoms with Gasteiger partial charge >= 0.3 is 6.18 Å². The third kappa shape index (κ3) is 3.61. The van der Waals surface area contributed by atoms with Gasteiger partial charge in [-0.2, -0.15) is 22.5 Å². The standard InChI is InChI=1S/C16H11BrF3N3O3S2/c17-12-4-5-13(27-12)28(24,25)23-7-10(8-23)15-21-14(22-26-15)9-2-1-3-11(6-9)16(18,19)20/h1-6,10H,7-8H2. The van der Waals surface area contributed by atoms with E-state index in [0.717, 1.165) is 23.5 Å². The van der Waals surface area contributed by atoms with Gasteiger partial charge in [-0.05, 0) is 40.2 Å². The van der Waals surface area contributed by atoms with Crippen molar-refractivity contribution in [3.05, 3.63) is 51.6 Å². The highest BCUT2D eigenvalue weighted by molar-refractivity contribution is 9.11. The van der Waals surface area contributed by atoms with E-state index in [1.54, 1.807) is 6.07 Å². The molecule has 0 radical (unpaired) electrons. The van der Waals surface area contributed by atoms with Gasteiger partial charge in [0, 0.05) is 18.7 Å². The van der Waals surface area contributed by atoms with Gasteiger partial charge in [-0.1, -0.05) is 17.3 Å². The number of halogens is 4. The van der Waals surface area contributed by atoms with E-state index in [-0.39, 0.29) is 40.5 Å². The highest BCUT2D eigenvalue weighted by atomic mass is 79.9. The predicted octanol–water partition coefficient (Wildman–Crippen LogP) is 4.37. The number of rotatable bonds is 4. The van der Waals surface area contributed by atoms with Crippen LogP contribution in [0.3, 0.4) is 0 Å². The Balaban J connectivity index is 1.48. The number of thiophene rings is 1. The van der Waals surface area contributed by atoms with Crippen molar-refractivity contribution < 1.29 is 26.1 Å². The summed E-state index contributed by atoms with van der Waals surface area (Å²) in [4.78, 5) is 4.15. The maximum absolute atomic E-state index is 12.8. The first-order valence-electron chi connectivity index (χ1n) is 7.91. The molecular weight excluding hydrogens is 483 g/mol. The Kier molecular flexibility index (Phi) is 4.84. The van der Waals surface area contributed by atoms with Gasteiger partial charge in [-0.3, -0.25) is 0 Å². The summed E-state index contributed by atoms with van der Waals surface area (Å²) in [5.74, 6) is -0.0685. The highest BCUT2D eigenvalue weighted by Gasteiger charge is 2.41. The summed E-state index contributed by atoms with van der Waals surface area (Å²) in [5, 5.41) is 3.74. The zero-order valence-electron chi connectivity index (χ0n) is 13.9. The summed E-state index contributed by atoms with van der Waals surface area (Å²) in [7, 11) is -3.58. The Bertz CT molecular complexity index is 1120. The second-order valence-electron chi connectivity index (χ2n) is 6.11. The van der Waals surface area contributed by atoms with Gasteiger partial charge in [0.05, 0.1) is 15.3 Å². The summed E-state index contributed by atoms with van der Waals surface area (Å²) in [6, 6.07) is 7.81. The monoisotopic (exact) mass is 493 g/mol. The molecule has 0 N–H and O–H groups in total. The van der Waals surface area contributed by atoms with Crippen LogP contribution >= 0.6 is 27.3 Å².